The summed E-state index contributed by atoms with van der Waals surface area (Å²) in [6.45, 7) is 0. The van der Waals surface area contributed by atoms with E-state index in [-0.39, 0.29) is 10.7 Å². The topological polar surface area (TPSA) is 12.4 Å². The molecule has 0 aliphatic heterocycles. The zero-order chi connectivity index (χ0) is 11.6. The Kier molecular flexibility index (Phi) is 3.57. The average Bonchev–Trinajstić information content (AvgIpc) is 1.99. The minimum atomic E-state index is -4.75. The third-order valence-corrected chi connectivity index (χ3v) is 1.83. The highest BCUT2D eigenvalue weighted by molar-refractivity contribution is 6.67. The highest BCUT2D eigenvalue weighted by Gasteiger charge is 2.34. The summed E-state index contributed by atoms with van der Waals surface area (Å²) >= 11 is 10.3. The number of halogens is 6. The summed E-state index contributed by atoms with van der Waals surface area (Å²) < 4.78 is 48.5. The molecule has 0 N–H and O–H groups in total. The lowest BCUT2D eigenvalue weighted by molar-refractivity contribution is -0.0558. The van der Waals surface area contributed by atoms with Crippen molar-refractivity contribution in [3.63, 3.8) is 0 Å². The number of aliphatic imine (C=N–C) groups is 1. The van der Waals surface area contributed by atoms with E-state index in [0.29, 0.717) is 0 Å². The Morgan fingerprint density at radius 3 is 2.27 bits per heavy atom. The standard InChI is InChI=1S/C8H3Cl2F4N/c9-4-1-5(11)3-6(2-4)15-7(10)8(12,13)14/h1-3H. The van der Waals surface area contributed by atoms with Crippen LogP contribution < -0.4 is 0 Å². The van der Waals surface area contributed by atoms with Crippen LogP contribution in [0.1, 0.15) is 0 Å². The summed E-state index contributed by atoms with van der Waals surface area (Å²) in [5, 5.41) is -1.63. The van der Waals surface area contributed by atoms with E-state index in [4.69, 9.17) is 23.2 Å². The maximum Gasteiger partial charge on any atom is 0.444 e. The first-order chi connectivity index (χ1) is 6.79. The van der Waals surface area contributed by atoms with E-state index in [2.05, 4.69) is 4.99 Å². The predicted molar refractivity (Wildman–Crippen MR) is 50.4 cm³/mol. The molecule has 7 heteroatoms. The quantitative estimate of drug-likeness (QED) is 0.527. The van der Waals surface area contributed by atoms with E-state index in [1.54, 1.807) is 0 Å². The van der Waals surface area contributed by atoms with Gasteiger partial charge >= 0.3 is 6.18 Å². The van der Waals surface area contributed by atoms with Gasteiger partial charge in [0.15, 0.2) is 0 Å². The lowest BCUT2D eigenvalue weighted by Gasteiger charge is -2.03. The molecule has 1 aromatic rings. The van der Waals surface area contributed by atoms with E-state index in [9.17, 15) is 17.6 Å². The molecule has 15 heavy (non-hydrogen) atoms. The van der Waals surface area contributed by atoms with Crippen LogP contribution >= 0.6 is 23.2 Å². The number of hydrogen-bond acceptors (Lipinski definition) is 1. The first-order valence-electron chi connectivity index (χ1n) is 3.56. The molecule has 0 amide bonds. The lowest BCUT2D eigenvalue weighted by atomic mass is 10.3. The maximum absolute atomic E-state index is 12.7. The van der Waals surface area contributed by atoms with Crippen molar-refractivity contribution < 1.29 is 17.6 Å². The van der Waals surface area contributed by atoms with Gasteiger partial charge in [0, 0.05) is 5.02 Å². The number of nitrogens with zero attached hydrogens (tertiary/aromatic N) is 1. The van der Waals surface area contributed by atoms with Crippen LogP contribution in [0, 0.1) is 5.82 Å². The summed E-state index contributed by atoms with van der Waals surface area (Å²) in [5.41, 5.74) is -0.290. The molecule has 1 aromatic carbocycles. The van der Waals surface area contributed by atoms with Gasteiger partial charge in [0.25, 0.3) is 0 Å². The van der Waals surface area contributed by atoms with Gasteiger partial charge in [0.1, 0.15) is 5.82 Å². The Labute approximate surface area is 92.3 Å². The monoisotopic (exact) mass is 259 g/mol. The van der Waals surface area contributed by atoms with Gasteiger partial charge in [-0.15, -0.1) is 0 Å². The average molecular weight is 260 g/mol. The van der Waals surface area contributed by atoms with Crippen molar-refractivity contribution >= 4 is 34.1 Å². The smallest absolute Gasteiger partial charge is 0.232 e. The fourth-order valence-electron chi connectivity index (χ4n) is 0.781. The highest BCUT2D eigenvalue weighted by Crippen LogP contribution is 2.26. The molecule has 0 spiro atoms. The SMILES string of the molecule is Fc1cc(Cl)cc(N=C(Cl)C(F)(F)F)c1. The molecule has 0 saturated heterocycles. The van der Waals surface area contributed by atoms with Gasteiger partial charge in [0.05, 0.1) is 5.69 Å². The molecule has 0 aliphatic carbocycles. The van der Waals surface area contributed by atoms with Gasteiger partial charge in [-0.1, -0.05) is 23.2 Å². The van der Waals surface area contributed by atoms with E-state index in [1.807, 2.05) is 0 Å². The Bertz CT molecular complexity index is 380. The number of alkyl halides is 3. The Morgan fingerprint density at radius 2 is 1.80 bits per heavy atom. The molecule has 0 radical (unpaired) electrons. The maximum atomic E-state index is 12.7. The van der Waals surface area contributed by atoms with Crippen molar-refractivity contribution in [1.82, 2.24) is 0 Å². The molecule has 0 bridgehead atoms. The van der Waals surface area contributed by atoms with Crippen LogP contribution in [0.4, 0.5) is 23.2 Å². The normalized spacial score (nSPS) is 13.1. The van der Waals surface area contributed by atoms with Crippen molar-refractivity contribution in [3.05, 3.63) is 29.0 Å². The number of hydrogen-bond donors (Lipinski definition) is 0. The van der Waals surface area contributed by atoms with Crippen LogP contribution in [0.5, 0.6) is 0 Å². The fraction of sp³-hybridized carbons (Fsp3) is 0.125. The molecule has 0 fully saturated rings. The lowest BCUT2D eigenvalue weighted by Crippen LogP contribution is -2.16. The van der Waals surface area contributed by atoms with Crippen LogP contribution in [0.25, 0.3) is 0 Å². The van der Waals surface area contributed by atoms with Gasteiger partial charge in [-0.05, 0) is 18.2 Å². The van der Waals surface area contributed by atoms with Gasteiger partial charge in [-0.2, -0.15) is 13.2 Å². The summed E-state index contributed by atoms with van der Waals surface area (Å²) in [5.74, 6) is -0.784. The van der Waals surface area contributed by atoms with E-state index in [1.165, 1.54) is 0 Å². The van der Waals surface area contributed by atoms with Crippen LogP contribution in [0.15, 0.2) is 23.2 Å². The van der Waals surface area contributed by atoms with Crippen molar-refractivity contribution in [1.29, 1.82) is 0 Å². The Hall–Kier alpha value is -0.810. The molecule has 0 saturated carbocycles. The molecule has 1 nitrogen and oxygen atoms in total. The zero-order valence-corrected chi connectivity index (χ0v) is 8.46. The van der Waals surface area contributed by atoms with Crippen LogP contribution in [0.3, 0.4) is 0 Å². The predicted octanol–water partition coefficient (Wildman–Crippen LogP) is 4.31. The van der Waals surface area contributed by atoms with Crippen LogP contribution in [-0.2, 0) is 0 Å². The van der Waals surface area contributed by atoms with Gasteiger partial charge in [0.2, 0.25) is 5.17 Å². The first-order valence-corrected chi connectivity index (χ1v) is 4.32. The second-order valence-corrected chi connectivity index (χ2v) is 3.32. The molecule has 0 unspecified atom stereocenters. The second-order valence-electron chi connectivity index (χ2n) is 2.53. The van der Waals surface area contributed by atoms with Crippen LogP contribution in [-0.4, -0.2) is 11.3 Å². The highest BCUT2D eigenvalue weighted by atomic mass is 35.5. The molecular formula is C8H3Cl2F4N. The molecule has 82 valence electrons. The molecule has 0 atom stereocenters. The Balaban J connectivity index is 3.08. The fourth-order valence-corrected chi connectivity index (χ4v) is 1.09. The third-order valence-electron chi connectivity index (χ3n) is 1.31. The molecule has 0 heterocycles. The van der Waals surface area contributed by atoms with Crippen molar-refractivity contribution in [3.8, 4) is 0 Å². The molecular weight excluding hydrogens is 257 g/mol. The van der Waals surface area contributed by atoms with Crippen molar-refractivity contribution in [2.24, 2.45) is 4.99 Å². The number of benzene rings is 1. The molecule has 0 aliphatic rings. The first kappa shape index (κ1) is 12.3. The third kappa shape index (κ3) is 3.68. The minimum absolute atomic E-state index is 0.0552. The molecule has 1 rings (SSSR count). The van der Waals surface area contributed by atoms with E-state index >= 15 is 0 Å². The van der Waals surface area contributed by atoms with Crippen molar-refractivity contribution in [2.75, 3.05) is 0 Å². The summed E-state index contributed by atoms with van der Waals surface area (Å²) in [4.78, 5) is 2.98. The summed E-state index contributed by atoms with van der Waals surface area (Å²) in [6.07, 6.45) is -4.75. The zero-order valence-electron chi connectivity index (χ0n) is 6.95. The second kappa shape index (κ2) is 4.37. The van der Waals surface area contributed by atoms with Gasteiger partial charge in [-0.3, -0.25) is 0 Å². The van der Waals surface area contributed by atoms with E-state index < -0.39 is 17.2 Å². The number of rotatable bonds is 1. The van der Waals surface area contributed by atoms with Gasteiger partial charge in [-0.25, -0.2) is 9.38 Å². The molecule has 0 aromatic heterocycles. The van der Waals surface area contributed by atoms with E-state index in [0.717, 1.165) is 18.2 Å². The van der Waals surface area contributed by atoms with Gasteiger partial charge < -0.3 is 0 Å². The Morgan fingerprint density at radius 1 is 1.20 bits per heavy atom. The summed E-state index contributed by atoms with van der Waals surface area (Å²) in [6, 6.07) is 2.81. The minimum Gasteiger partial charge on any atom is -0.232 e. The largest absolute Gasteiger partial charge is 0.444 e. The van der Waals surface area contributed by atoms with Crippen LogP contribution in [0.2, 0.25) is 5.02 Å². The van der Waals surface area contributed by atoms with Crippen molar-refractivity contribution in [2.45, 2.75) is 6.18 Å². The summed E-state index contributed by atoms with van der Waals surface area (Å²) in [7, 11) is 0.